The van der Waals surface area contributed by atoms with Crippen LogP contribution in [0.3, 0.4) is 0 Å². The number of aromatic nitrogens is 3. The predicted octanol–water partition coefficient (Wildman–Crippen LogP) is 4.37. The van der Waals surface area contributed by atoms with Crippen LogP contribution in [0.25, 0.3) is 0 Å². The van der Waals surface area contributed by atoms with Crippen molar-refractivity contribution in [2.24, 2.45) is 0 Å². The standard InChI is InChI=1S/C16H21ClN4OS/c1-10(2)15-19-20-16(21(15)11(3)4)23-9-14(22)18-13-7-5-12(17)6-8-13/h5-8,10-11H,9H2,1-4H3,(H,18,22). The SMILES string of the molecule is CC(C)c1nnc(SCC(=O)Nc2ccc(Cl)cc2)n1C(C)C. The summed E-state index contributed by atoms with van der Waals surface area (Å²) in [5.74, 6) is 1.44. The molecule has 0 aliphatic rings. The van der Waals surface area contributed by atoms with E-state index >= 15 is 0 Å². The van der Waals surface area contributed by atoms with Crippen molar-refractivity contribution in [3.05, 3.63) is 35.1 Å². The van der Waals surface area contributed by atoms with Gasteiger partial charge in [-0.05, 0) is 38.1 Å². The van der Waals surface area contributed by atoms with Crippen molar-refractivity contribution in [3.8, 4) is 0 Å². The van der Waals surface area contributed by atoms with E-state index in [0.29, 0.717) is 10.9 Å². The van der Waals surface area contributed by atoms with E-state index in [9.17, 15) is 4.79 Å². The number of nitrogens with one attached hydrogen (secondary N) is 1. The quantitative estimate of drug-likeness (QED) is 0.784. The number of benzene rings is 1. The van der Waals surface area contributed by atoms with Crippen LogP contribution in [0.2, 0.25) is 5.02 Å². The molecule has 1 amide bonds. The van der Waals surface area contributed by atoms with Crippen molar-refractivity contribution in [2.45, 2.75) is 44.8 Å². The molecule has 0 saturated carbocycles. The molecular formula is C16H21ClN4OS. The van der Waals surface area contributed by atoms with Crippen molar-refractivity contribution in [1.82, 2.24) is 14.8 Å². The Kier molecular flexibility index (Phi) is 6.07. The highest BCUT2D eigenvalue weighted by molar-refractivity contribution is 7.99. The van der Waals surface area contributed by atoms with Gasteiger partial charge in [-0.25, -0.2) is 0 Å². The largest absolute Gasteiger partial charge is 0.325 e. The number of halogens is 1. The molecule has 0 atom stereocenters. The van der Waals surface area contributed by atoms with Gasteiger partial charge in [0.2, 0.25) is 5.91 Å². The number of nitrogens with zero attached hydrogens (tertiary/aromatic N) is 3. The van der Waals surface area contributed by atoms with E-state index in [1.165, 1.54) is 11.8 Å². The van der Waals surface area contributed by atoms with Gasteiger partial charge >= 0.3 is 0 Å². The Morgan fingerprint density at radius 3 is 2.43 bits per heavy atom. The molecule has 0 aliphatic carbocycles. The van der Waals surface area contributed by atoms with Crippen LogP contribution in [0.5, 0.6) is 0 Å². The molecule has 1 N–H and O–H groups in total. The average molecular weight is 353 g/mol. The van der Waals surface area contributed by atoms with Gasteiger partial charge in [-0.2, -0.15) is 0 Å². The first-order valence-corrected chi connectivity index (χ1v) is 8.88. The van der Waals surface area contributed by atoms with Crippen molar-refractivity contribution >= 4 is 35.0 Å². The number of rotatable bonds is 6. The summed E-state index contributed by atoms with van der Waals surface area (Å²) in [6, 6.07) is 7.30. The molecule has 0 aliphatic heterocycles. The summed E-state index contributed by atoms with van der Waals surface area (Å²) in [7, 11) is 0. The maximum absolute atomic E-state index is 12.1. The Labute approximate surface area is 145 Å². The summed E-state index contributed by atoms with van der Waals surface area (Å²) in [6.45, 7) is 8.36. The van der Waals surface area contributed by atoms with Crippen LogP contribution in [0, 0.1) is 0 Å². The number of amides is 1. The van der Waals surface area contributed by atoms with Gasteiger partial charge in [-0.15, -0.1) is 10.2 Å². The van der Waals surface area contributed by atoms with Crippen molar-refractivity contribution < 1.29 is 4.79 Å². The molecule has 124 valence electrons. The summed E-state index contributed by atoms with van der Waals surface area (Å²) in [6.07, 6.45) is 0. The fourth-order valence-electron chi connectivity index (χ4n) is 2.13. The van der Waals surface area contributed by atoms with E-state index in [2.05, 4.69) is 47.8 Å². The molecule has 1 heterocycles. The Bertz CT molecular complexity index is 667. The van der Waals surface area contributed by atoms with Crippen LogP contribution < -0.4 is 5.32 Å². The monoisotopic (exact) mass is 352 g/mol. The Morgan fingerprint density at radius 2 is 1.87 bits per heavy atom. The van der Waals surface area contributed by atoms with Crippen LogP contribution in [-0.2, 0) is 4.79 Å². The first-order valence-electron chi connectivity index (χ1n) is 7.51. The second-order valence-electron chi connectivity index (χ2n) is 5.80. The molecule has 1 aromatic carbocycles. The number of carbonyl (C=O) groups excluding carboxylic acids is 1. The fourth-order valence-corrected chi connectivity index (χ4v) is 3.13. The zero-order valence-corrected chi connectivity index (χ0v) is 15.3. The first kappa shape index (κ1) is 17.8. The Morgan fingerprint density at radius 1 is 1.22 bits per heavy atom. The summed E-state index contributed by atoms with van der Waals surface area (Å²) >= 11 is 7.22. The number of hydrogen-bond acceptors (Lipinski definition) is 4. The number of thioether (sulfide) groups is 1. The molecule has 23 heavy (non-hydrogen) atoms. The van der Waals surface area contributed by atoms with Gasteiger partial charge in [-0.1, -0.05) is 37.2 Å². The topological polar surface area (TPSA) is 59.8 Å². The zero-order valence-electron chi connectivity index (χ0n) is 13.7. The van der Waals surface area contributed by atoms with Crippen LogP contribution in [0.4, 0.5) is 5.69 Å². The van der Waals surface area contributed by atoms with Gasteiger partial charge in [0.15, 0.2) is 5.16 Å². The third-order valence-corrected chi connectivity index (χ3v) is 4.38. The van der Waals surface area contributed by atoms with E-state index in [1.807, 2.05) is 0 Å². The van der Waals surface area contributed by atoms with Gasteiger partial charge in [0.05, 0.1) is 5.75 Å². The molecule has 1 aromatic heterocycles. The molecule has 0 unspecified atom stereocenters. The molecule has 2 rings (SSSR count). The Hall–Kier alpha value is -1.53. The smallest absolute Gasteiger partial charge is 0.234 e. The number of anilines is 1. The third-order valence-electron chi connectivity index (χ3n) is 3.18. The summed E-state index contributed by atoms with van der Waals surface area (Å²) in [4.78, 5) is 12.1. The lowest BCUT2D eigenvalue weighted by molar-refractivity contribution is -0.113. The molecule has 0 saturated heterocycles. The molecule has 0 radical (unpaired) electrons. The van der Waals surface area contributed by atoms with Gasteiger partial charge < -0.3 is 9.88 Å². The highest BCUT2D eigenvalue weighted by atomic mass is 35.5. The summed E-state index contributed by atoms with van der Waals surface area (Å²) < 4.78 is 2.09. The molecular weight excluding hydrogens is 332 g/mol. The van der Waals surface area contributed by atoms with Crippen LogP contribution in [0.15, 0.2) is 29.4 Å². The minimum atomic E-state index is -0.0817. The van der Waals surface area contributed by atoms with Crippen LogP contribution >= 0.6 is 23.4 Å². The second kappa shape index (κ2) is 7.84. The van der Waals surface area contributed by atoms with Gasteiger partial charge in [0, 0.05) is 22.7 Å². The molecule has 0 bridgehead atoms. The predicted molar refractivity (Wildman–Crippen MR) is 95.3 cm³/mol. The van der Waals surface area contributed by atoms with Crippen molar-refractivity contribution in [3.63, 3.8) is 0 Å². The van der Waals surface area contributed by atoms with Crippen LogP contribution in [0.1, 0.15) is 45.5 Å². The Balaban J connectivity index is 2.00. The highest BCUT2D eigenvalue weighted by Crippen LogP contribution is 2.25. The van der Waals surface area contributed by atoms with E-state index < -0.39 is 0 Å². The normalized spacial score (nSPS) is 11.3. The second-order valence-corrected chi connectivity index (χ2v) is 7.18. The van der Waals surface area contributed by atoms with Gasteiger partial charge in [0.25, 0.3) is 0 Å². The number of carbonyl (C=O) groups is 1. The molecule has 5 nitrogen and oxygen atoms in total. The van der Waals surface area contributed by atoms with Gasteiger partial charge in [0.1, 0.15) is 5.82 Å². The molecule has 0 fully saturated rings. The lowest BCUT2D eigenvalue weighted by Gasteiger charge is -2.15. The highest BCUT2D eigenvalue weighted by Gasteiger charge is 2.18. The number of hydrogen-bond donors (Lipinski definition) is 1. The van der Waals surface area contributed by atoms with E-state index in [-0.39, 0.29) is 17.7 Å². The maximum atomic E-state index is 12.1. The van der Waals surface area contributed by atoms with Crippen LogP contribution in [-0.4, -0.2) is 26.4 Å². The first-order chi connectivity index (χ1) is 10.9. The van der Waals surface area contributed by atoms with E-state index in [1.54, 1.807) is 24.3 Å². The minimum absolute atomic E-state index is 0.0817. The van der Waals surface area contributed by atoms with Crippen molar-refractivity contribution in [1.29, 1.82) is 0 Å². The average Bonchev–Trinajstić information content (AvgIpc) is 2.92. The lowest BCUT2D eigenvalue weighted by Crippen LogP contribution is -2.15. The minimum Gasteiger partial charge on any atom is -0.325 e. The lowest BCUT2D eigenvalue weighted by atomic mass is 10.2. The molecule has 0 spiro atoms. The zero-order chi connectivity index (χ0) is 17.0. The van der Waals surface area contributed by atoms with E-state index in [4.69, 9.17) is 11.6 Å². The maximum Gasteiger partial charge on any atom is 0.234 e. The molecule has 2 aromatic rings. The van der Waals surface area contributed by atoms with Gasteiger partial charge in [-0.3, -0.25) is 4.79 Å². The molecule has 7 heteroatoms. The fraction of sp³-hybridized carbons (Fsp3) is 0.438. The summed E-state index contributed by atoms with van der Waals surface area (Å²) in [5, 5.41) is 12.7. The third kappa shape index (κ3) is 4.72. The van der Waals surface area contributed by atoms with Crippen molar-refractivity contribution in [2.75, 3.05) is 11.1 Å². The summed E-state index contributed by atoms with van der Waals surface area (Å²) in [5.41, 5.74) is 0.730. The van der Waals surface area contributed by atoms with E-state index in [0.717, 1.165) is 16.7 Å².